The molecule has 6 nitrogen and oxygen atoms in total. The maximum absolute atomic E-state index is 10.0. The van der Waals surface area contributed by atoms with E-state index in [0.717, 1.165) is 33.9 Å². The number of aliphatic hydroxyl groups is 1. The second-order valence-electron chi connectivity index (χ2n) is 9.07. The number of carbonyl (C=O) groups excluding carboxylic acids is 1. The van der Waals surface area contributed by atoms with Gasteiger partial charge in [0.05, 0.1) is 5.76 Å². The summed E-state index contributed by atoms with van der Waals surface area (Å²) in [6, 6.07) is 20.6. The Morgan fingerprint density at radius 3 is 1.40 bits per heavy atom. The van der Waals surface area contributed by atoms with Crippen LogP contribution in [0.3, 0.4) is 0 Å². The third kappa shape index (κ3) is 12.3. The Bertz CT molecular complexity index is 1410. The molecule has 0 spiro atoms. The molecule has 0 aliphatic carbocycles. The predicted octanol–water partition coefficient (Wildman–Crippen LogP) is 8.88. The number of rotatable bonds is 5. The van der Waals surface area contributed by atoms with Crippen LogP contribution < -0.4 is 9.80 Å². The van der Waals surface area contributed by atoms with Gasteiger partial charge >= 0.3 is 0 Å². The smallest absolute Gasteiger partial charge is 0.155 e. The number of ketones is 1. The summed E-state index contributed by atoms with van der Waals surface area (Å²) < 4.78 is 0. The van der Waals surface area contributed by atoms with Crippen LogP contribution in [0.15, 0.2) is 72.8 Å². The quantitative estimate of drug-likeness (QED) is 0.123. The molecule has 1 N–H and O–H groups in total. The number of anilines is 2. The second kappa shape index (κ2) is 18.1. The zero-order valence-corrected chi connectivity index (χ0v) is 29.3. The van der Waals surface area contributed by atoms with Crippen LogP contribution >= 0.6 is 46.4 Å². The fourth-order valence-corrected chi connectivity index (χ4v) is 4.22. The summed E-state index contributed by atoms with van der Waals surface area (Å²) in [6.07, 6.45) is 4.67. The van der Waals surface area contributed by atoms with Gasteiger partial charge in [-0.25, -0.2) is 0 Å². The number of benzene rings is 2. The Morgan fingerprint density at radius 1 is 0.762 bits per heavy atom. The molecule has 225 valence electrons. The van der Waals surface area contributed by atoms with E-state index in [1.807, 2.05) is 62.3 Å². The minimum Gasteiger partial charge on any atom is -0.512 e. The van der Waals surface area contributed by atoms with Crippen LogP contribution in [0.2, 0.25) is 20.1 Å². The Balaban J connectivity index is 0.000000338. The van der Waals surface area contributed by atoms with Crippen molar-refractivity contribution in [2.24, 2.45) is 0 Å². The first kappa shape index (κ1) is 37.4. The molecule has 0 amide bonds. The van der Waals surface area contributed by atoms with Crippen molar-refractivity contribution in [2.45, 2.75) is 13.8 Å². The Morgan fingerprint density at radius 2 is 1.14 bits per heavy atom. The number of carbonyl (C=O) groups is 1. The van der Waals surface area contributed by atoms with E-state index in [1.165, 1.54) is 19.9 Å². The van der Waals surface area contributed by atoms with Crippen LogP contribution in [-0.4, -0.2) is 49.0 Å². The fraction of sp³-hybridized carbons (Fsp3) is 0.194. The van der Waals surface area contributed by atoms with Crippen molar-refractivity contribution in [3.63, 3.8) is 0 Å². The van der Waals surface area contributed by atoms with Gasteiger partial charge in [-0.1, -0.05) is 12.1 Å². The van der Waals surface area contributed by atoms with E-state index in [-0.39, 0.29) is 31.6 Å². The van der Waals surface area contributed by atoms with Crippen molar-refractivity contribution < 1.29 is 30.0 Å². The molecule has 4 rings (SSSR count). The third-order valence-electron chi connectivity index (χ3n) is 5.16. The topological polar surface area (TPSA) is 69.6 Å². The molecule has 1 radical (unpaired) electrons. The SMILES string of the molecule is CC(=O)/C=C(/C)O.CN(C)c1ccnc(-c2[c-]cc(Cl)cc2Cl)c1.CN(C)c1ccnc(-c2[c-]cc(Cl)cc2Cl)c1.[Ir]. The van der Waals surface area contributed by atoms with Crippen molar-refractivity contribution in [1.82, 2.24) is 9.97 Å². The number of aromatic nitrogens is 2. The number of aliphatic hydroxyl groups excluding tert-OH is 1. The molecule has 0 saturated heterocycles. The van der Waals surface area contributed by atoms with Crippen LogP contribution in [-0.2, 0) is 24.9 Å². The van der Waals surface area contributed by atoms with Crippen molar-refractivity contribution in [2.75, 3.05) is 38.0 Å². The second-order valence-corrected chi connectivity index (χ2v) is 10.8. The molecule has 0 aliphatic rings. The van der Waals surface area contributed by atoms with Gasteiger partial charge in [0.1, 0.15) is 0 Å². The summed E-state index contributed by atoms with van der Waals surface area (Å²) in [5.41, 5.74) is 5.24. The largest absolute Gasteiger partial charge is 0.512 e. The Hall–Kier alpha value is -2.64. The normalized spacial score (nSPS) is 10.3. The summed E-state index contributed by atoms with van der Waals surface area (Å²) in [4.78, 5) is 22.6. The molecule has 0 unspecified atom stereocenters. The minimum absolute atomic E-state index is 0. The molecule has 42 heavy (non-hydrogen) atoms. The van der Waals surface area contributed by atoms with Gasteiger partial charge in [0, 0.05) is 78.1 Å². The zero-order valence-electron chi connectivity index (χ0n) is 23.8. The summed E-state index contributed by atoms with van der Waals surface area (Å²) in [5.74, 6) is -0.0625. The molecule has 11 heteroatoms. The molecule has 2 aromatic carbocycles. The number of halogens is 4. The molecule has 0 atom stereocenters. The Kier molecular flexibility index (Phi) is 16.1. The van der Waals surface area contributed by atoms with Crippen LogP contribution in [0, 0.1) is 12.1 Å². The first-order chi connectivity index (χ1) is 19.3. The maximum atomic E-state index is 10.0. The first-order valence-electron chi connectivity index (χ1n) is 12.2. The van der Waals surface area contributed by atoms with Gasteiger partial charge < -0.3 is 24.9 Å². The minimum atomic E-state index is -0.125. The number of pyridine rings is 2. The monoisotopic (exact) mass is 823 g/mol. The van der Waals surface area contributed by atoms with E-state index in [0.29, 0.717) is 20.1 Å². The standard InChI is InChI=1S/2C13H11Cl2N2.C5H8O2.Ir/c2*1-17(2)10-5-6-16-13(8-10)11-4-3-9(14)7-12(11)15;1-4(6)3-5(2)7;/h2*3,5-8H,1-2H3;3,6H,1-2H3;/q2*-1;;/b;;4-3-;. The van der Waals surface area contributed by atoms with Gasteiger partial charge in [-0.3, -0.25) is 4.79 Å². The van der Waals surface area contributed by atoms with Gasteiger partial charge in [0.25, 0.3) is 0 Å². The van der Waals surface area contributed by atoms with Gasteiger partial charge in [-0.05, 0) is 57.5 Å². The van der Waals surface area contributed by atoms with Gasteiger partial charge in [-0.15, -0.1) is 93.9 Å². The van der Waals surface area contributed by atoms with Crippen molar-refractivity contribution >= 4 is 63.6 Å². The Labute approximate surface area is 281 Å². The molecule has 0 fully saturated rings. The van der Waals surface area contributed by atoms with E-state index in [2.05, 4.69) is 22.1 Å². The summed E-state index contributed by atoms with van der Waals surface area (Å²) >= 11 is 23.9. The molecule has 2 heterocycles. The van der Waals surface area contributed by atoms with E-state index in [9.17, 15) is 4.79 Å². The summed E-state index contributed by atoms with van der Waals surface area (Å²) in [6.45, 7) is 2.85. The summed E-state index contributed by atoms with van der Waals surface area (Å²) in [5, 5.41) is 10.6. The van der Waals surface area contributed by atoms with Crippen LogP contribution in [0.5, 0.6) is 0 Å². The van der Waals surface area contributed by atoms with Crippen LogP contribution in [0.4, 0.5) is 11.4 Å². The number of hydrogen-bond acceptors (Lipinski definition) is 6. The average molecular weight is 825 g/mol. The van der Waals surface area contributed by atoms with Crippen LogP contribution in [0.1, 0.15) is 13.8 Å². The maximum Gasteiger partial charge on any atom is 0.155 e. The molecule has 0 aliphatic heterocycles. The summed E-state index contributed by atoms with van der Waals surface area (Å²) in [7, 11) is 7.91. The van der Waals surface area contributed by atoms with E-state index in [4.69, 9.17) is 51.5 Å². The number of nitrogens with zero attached hydrogens (tertiary/aromatic N) is 4. The first-order valence-corrected chi connectivity index (χ1v) is 13.7. The van der Waals surface area contributed by atoms with Gasteiger partial charge in [-0.2, -0.15) is 0 Å². The van der Waals surface area contributed by atoms with E-state index < -0.39 is 0 Å². The molecule has 2 aromatic heterocycles. The molecule has 4 aromatic rings. The molecular weight excluding hydrogens is 794 g/mol. The van der Waals surface area contributed by atoms with Crippen molar-refractivity contribution in [3.8, 4) is 22.5 Å². The predicted molar refractivity (Wildman–Crippen MR) is 173 cm³/mol. The molecular formula is C31H30Cl4IrN4O2-2. The van der Waals surface area contributed by atoms with E-state index >= 15 is 0 Å². The molecule has 0 bridgehead atoms. The average Bonchev–Trinajstić information content (AvgIpc) is 2.89. The van der Waals surface area contributed by atoms with Crippen molar-refractivity contribution in [3.05, 3.63) is 105 Å². The fourth-order valence-electron chi connectivity index (χ4n) is 3.25. The number of allylic oxidation sites excluding steroid dienone is 2. The number of hydrogen-bond donors (Lipinski definition) is 1. The zero-order chi connectivity index (χ0) is 30.7. The molecule has 0 saturated carbocycles. The van der Waals surface area contributed by atoms with Gasteiger partial charge in [0.2, 0.25) is 0 Å². The van der Waals surface area contributed by atoms with Crippen molar-refractivity contribution in [1.29, 1.82) is 0 Å². The third-order valence-corrected chi connectivity index (χ3v) is 6.19. The van der Waals surface area contributed by atoms with Gasteiger partial charge in [0.15, 0.2) is 5.78 Å². The van der Waals surface area contributed by atoms with Crippen LogP contribution in [0.25, 0.3) is 22.5 Å². The van der Waals surface area contributed by atoms with E-state index in [1.54, 1.807) is 36.7 Å².